The van der Waals surface area contributed by atoms with Crippen LogP contribution in [0.15, 0.2) is 5.16 Å². The molecule has 4 rings (SSSR count). The SMILES string of the molecule is O/N=C1\[C@@H]2C[C@H]3C[C@@H](C2)S[C@@H]1C3. The summed E-state index contributed by atoms with van der Waals surface area (Å²) in [6, 6.07) is 0. The highest BCUT2D eigenvalue weighted by atomic mass is 32.2. The van der Waals surface area contributed by atoms with Gasteiger partial charge in [-0.15, -0.1) is 11.8 Å². The number of thioether (sulfide) groups is 1. The normalized spacial score (nSPS) is 53.5. The lowest BCUT2D eigenvalue weighted by atomic mass is 9.70. The molecule has 4 atom stereocenters. The minimum Gasteiger partial charge on any atom is -0.411 e. The van der Waals surface area contributed by atoms with E-state index >= 15 is 0 Å². The van der Waals surface area contributed by atoms with Gasteiger partial charge in [-0.05, 0) is 31.6 Å². The summed E-state index contributed by atoms with van der Waals surface area (Å²) in [7, 11) is 0. The lowest BCUT2D eigenvalue weighted by Gasteiger charge is -2.49. The second-order valence-electron chi connectivity index (χ2n) is 4.28. The highest BCUT2D eigenvalue weighted by molar-refractivity contribution is 8.01. The summed E-state index contributed by atoms with van der Waals surface area (Å²) in [5.41, 5.74) is 1.10. The molecule has 0 unspecified atom stereocenters. The Morgan fingerprint density at radius 1 is 1.25 bits per heavy atom. The van der Waals surface area contributed by atoms with Crippen molar-refractivity contribution in [3.8, 4) is 0 Å². The Labute approximate surface area is 76.4 Å². The van der Waals surface area contributed by atoms with Crippen LogP contribution in [0.3, 0.4) is 0 Å². The average molecular weight is 183 g/mol. The quantitative estimate of drug-likeness (QED) is 0.461. The fraction of sp³-hybridized carbons (Fsp3) is 0.889. The average Bonchev–Trinajstić information content (AvgIpc) is 2.02. The molecule has 2 aliphatic carbocycles. The molecule has 0 spiro atoms. The van der Waals surface area contributed by atoms with Gasteiger partial charge in [-0.3, -0.25) is 0 Å². The van der Waals surface area contributed by atoms with Gasteiger partial charge in [0, 0.05) is 16.4 Å². The fourth-order valence-electron chi connectivity index (χ4n) is 3.12. The van der Waals surface area contributed by atoms with Gasteiger partial charge in [0.2, 0.25) is 0 Å². The van der Waals surface area contributed by atoms with Crippen LogP contribution in [-0.4, -0.2) is 21.4 Å². The molecule has 2 saturated heterocycles. The van der Waals surface area contributed by atoms with Gasteiger partial charge in [0.15, 0.2) is 0 Å². The Bertz CT molecular complexity index is 209. The smallest absolute Gasteiger partial charge is 0.0731 e. The second kappa shape index (κ2) is 2.41. The lowest BCUT2D eigenvalue weighted by molar-refractivity contribution is 0.254. The van der Waals surface area contributed by atoms with E-state index in [-0.39, 0.29) is 0 Å². The van der Waals surface area contributed by atoms with Gasteiger partial charge < -0.3 is 5.21 Å². The predicted molar refractivity (Wildman–Crippen MR) is 49.8 cm³/mol. The van der Waals surface area contributed by atoms with Gasteiger partial charge in [-0.2, -0.15) is 0 Å². The van der Waals surface area contributed by atoms with Gasteiger partial charge in [0.25, 0.3) is 0 Å². The minimum atomic E-state index is 0.575. The Morgan fingerprint density at radius 2 is 2.17 bits per heavy atom. The van der Waals surface area contributed by atoms with E-state index < -0.39 is 0 Å². The van der Waals surface area contributed by atoms with Crippen molar-refractivity contribution in [2.24, 2.45) is 17.0 Å². The monoisotopic (exact) mass is 183 g/mol. The third-order valence-electron chi connectivity index (χ3n) is 3.53. The van der Waals surface area contributed by atoms with Gasteiger partial charge in [-0.25, -0.2) is 0 Å². The molecular weight excluding hydrogens is 170 g/mol. The summed E-state index contributed by atoms with van der Waals surface area (Å²) in [5.74, 6) is 1.59. The number of rotatable bonds is 0. The first kappa shape index (κ1) is 7.25. The van der Waals surface area contributed by atoms with Crippen molar-refractivity contribution in [1.82, 2.24) is 0 Å². The molecule has 66 valence electrons. The molecule has 4 aliphatic rings. The molecule has 2 nitrogen and oxygen atoms in total. The molecule has 4 fully saturated rings. The Hall–Kier alpha value is -0.180. The summed E-state index contributed by atoms with van der Waals surface area (Å²) in [6.45, 7) is 0. The number of hydrogen-bond acceptors (Lipinski definition) is 3. The maximum Gasteiger partial charge on any atom is 0.0731 e. The highest BCUT2D eigenvalue weighted by Crippen LogP contribution is 2.52. The largest absolute Gasteiger partial charge is 0.411 e. The lowest BCUT2D eigenvalue weighted by Crippen LogP contribution is -2.47. The van der Waals surface area contributed by atoms with Crippen LogP contribution in [0, 0.1) is 11.8 Å². The van der Waals surface area contributed by atoms with E-state index in [1.54, 1.807) is 0 Å². The maximum absolute atomic E-state index is 8.87. The summed E-state index contributed by atoms with van der Waals surface area (Å²) in [4.78, 5) is 0. The zero-order chi connectivity index (χ0) is 8.13. The molecule has 1 N–H and O–H groups in total. The van der Waals surface area contributed by atoms with E-state index in [2.05, 4.69) is 5.16 Å². The first-order chi connectivity index (χ1) is 5.86. The zero-order valence-corrected chi connectivity index (χ0v) is 7.76. The van der Waals surface area contributed by atoms with Crippen LogP contribution in [0.5, 0.6) is 0 Å². The first-order valence-electron chi connectivity index (χ1n) is 4.74. The predicted octanol–water partition coefficient (Wildman–Crippen LogP) is 2.12. The van der Waals surface area contributed by atoms with Gasteiger partial charge >= 0.3 is 0 Å². The van der Waals surface area contributed by atoms with E-state index in [0.29, 0.717) is 11.2 Å². The van der Waals surface area contributed by atoms with Crippen LogP contribution in [0.2, 0.25) is 0 Å². The van der Waals surface area contributed by atoms with Gasteiger partial charge in [-0.1, -0.05) is 5.16 Å². The van der Waals surface area contributed by atoms with E-state index in [9.17, 15) is 0 Å². The van der Waals surface area contributed by atoms with Crippen molar-refractivity contribution in [2.45, 2.75) is 36.2 Å². The molecule has 2 heterocycles. The molecule has 0 aromatic rings. The molecular formula is C9H13NOS. The second-order valence-corrected chi connectivity index (χ2v) is 5.79. The third-order valence-corrected chi connectivity index (χ3v) is 5.06. The van der Waals surface area contributed by atoms with E-state index in [1.165, 1.54) is 25.7 Å². The topological polar surface area (TPSA) is 32.6 Å². The van der Waals surface area contributed by atoms with E-state index in [4.69, 9.17) is 5.21 Å². The molecule has 0 radical (unpaired) electrons. The van der Waals surface area contributed by atoms with Crippen molar-refractivity contribution < 1.29 is 5.21 Å². The number of oxime groups is 1. The van der Waals surface area contributed by atoms with Crippen molar-refractivity contribution >= 4 is 17.5 Å². The van der Waals surface area contributed by atoms with Crippen LogP contribution in [0.25, 0.3) is 0 Å². The standard InChI is InChI=1S/C9H13NOS/c11-10-9-6-1-5-2-7(4-6)12-8(9)3-5/h5-8,11H,1-4H2/b10-9+/t5-,6+,7-,8+/m0/s1. The molecule has 0 aromatic carbocycles. The summed E-state index contributed by atoms with van der Waals surface area (Å²) < 4.78 is 0. The van der Waals surface area contributed by atoms with Crippen LogP contribution >= 0.6 is 11.8 Å². The van der Waals surface area contributed by atoms with Crippen molar-refractivity contribution in [3.05, 3.63) is 0 Å². The zero-order valence-electron chi connectivity index (χ0n) is 6.94. The Morgan fingerprint density at radius 3 is 2.83 bits per heavy atom. The van der Waals surface area contributed by atoms with Crippen molar-refractivity contribution in [1.29, 1.82) is 0 Å². The minimum absolute atomic E-state index is 0.575. The van der Waals surface area contributed by atoms with Crippen molar-refractivity contribution in [2.75, 3.05) is 0 Å². The molecule has 12 heavy (non-hydrogen) atoms. The third kappa shape index (κ3) is 0.859. The fourth-order valence-corrected chi connectivity index (χ4v) is 5.07. The van der Waals surface area contributed by atoms with E-state index in [1.807, 2.05) is 11.8 Å². The number of nitrogens with zero attached hydrogens (tertiary/aromatic N) is 1. The van der Waals surface area contributed by atoms with Crippen LogP contribution < -0.4 is 0 Å². The molecule has 0 amide bonds. The highest BCUT2D eigenvalue weighted by Gasteiger charge is 2.47. The maximum atomic E-state index is 8.87. The Balaban J connectivity index is 1.95. The summed E-state index contributed by atoms with van der Waals surface area (Å²) in [5, 5.41) is 13.8. The first-order valence-corrected chi connectivity index (χ1v) is 5.68. The Kier molecular flexibility index (Phi) is 1.45. The van der Waals surface area contributed by atoms with Crippen LogP contribution in [0.1, 0.15) is 25.7 Å². The van der Waals surface area contributed by atoms with E-state index in [0.717, 1.165) is 16.9 Å². The molecule has 3 heteroatoms. The molecule has 0 aromatic heterocycles. The van der Waals surface area contributed by atoms with Crippen LogP contribution in [-0.2, 0) is 0 Å². The van der Waals surface area contributed by atoms with Gasteiger partial charge in [0.05, 0.1) is 5.71 Å². The van der Waals surface area contributed by atoms with Crippen LogP contribution in [0.4, 0.5) is 0 Å². The number of hydrogen-bond donors (Lipinski definition) is 1. The summed E-state index contributed by atoms with van der Waals surface area (Å²) >= 11 is 2.05. The summed E-state index contributed by atoms with van der Waals surface area (Å²) in [6.07, 6.45) is 5.28. The molecule has 4 bridgehead atoms. The molecule has 2 aliphatic heterocycles. The van der Waals surface area contributed by atoms with Crippen molar-refractivity contribution in [3.63, 3.8) is 0 Å². The van der Waals surface area contributed by atoms with Gasteiger partial charge in [0.1, 0.15) is 0 Å². The molecule has 2 saturated carbocycles.